The highest BCUT2D eigenvalue weighted by Crippen LogP contribution is 2.42. The monoisotopic (exact) mass is 277 g/mol. The molecule has 0 fully saturated rings. The van der Waals surface area contributed by atoms with E-state index in [0.29, 0.717) is 18.0 Å². The van der Waals surface area contributed by atoms with E-state index < -0.39 is 11.7 Å². The van der Waals surface area contributed by atoms with Crippen molar-refractivity contribution in [2.45, 2.75) is 45.3 Å². The van der Waals surface area contributed by atoms with Gasteiger partial charge in [0.2, 0.25) is 0 Å². The van der Waals surface area contributed by atoms with E-state index in [1.54, 1.807) is 17.9 Å². The lowest BCUT2D eigenvalue weighted by atomic mass is 9.90. The van der Waals surface area contributed by atoms with Crippen molar-refractivity contribution >= 4 is 11.6 Å². The molecule has 0 aromatic heterocycles. The van der Waals surface area contributed by atoms with Crippen molar-refractivity contribution in [3.8, 4) is 0 Å². The largest absolute Gasteiger partial charge is 0.393 e. The van der Waals surface area contributed by atoms with Gasteiger partial charge in [0.15, 0.2) is 5.60 Å². The molecule has 0 aliphatic carbocycles. The number of rotatable bonds is 5. The summed E-state index contributed by atoms with van der Waals surface area (Å²) in [6.45, 7) is 6.39. The Kier molecular flexibility index (Phi) is 4.16. The van der Waals surface area contributed by atoms with Crippen LogP contribution in [0.4, 0.5) is 5.69 Å². The first-order valence-corrected chi connectivity index (χ1v) is 7.18. The number of benzene rings is 1. The molecule has 1 amide bonds. The minimum absolute atomic E-state index is 0.0288. The van der Waals surface area contributed by atoms with Crippen LogP contribution in [0, 0.1) is 5.92 Å². The highest BCUT2D eigenvalue weighted by molar-refractivity contribution is 6.06. The lowest BCUT2D eigenvalue weighted by molar-refractivity contribution is -0.139. The second-order valence-corrected chi connectivity index (χ2v) is 6.07. The molecule has 0 saturated heterocycles. The van der Waals surface area contributed by atoms with Crippen molar-refractivity contribution in [3.05, 3.63) is 29.8 Å². The molecular formula is C16H23NO3. The summed E-state index contributed by atoms with van der Waals surface area (Å²) in [6.07, 6.45) is 0.174. The van der Waals surface area contributed by atoms with Crippen LogP contribution in [0.2, 0.25) is 0 Å². The molecule has 4 nitrogen and oxygen atoms in total. The Labute approximate surface area is 120 Å². The van der Waals surface area contributed by atoms with Crippen LogP contribution in [0.5, 0.6) is 0 Å². The number of hydrogen-bond acceptors (Lipinski definition) is 3. The van der Waals surface area contributed by atoms with Gasteiger partial charge in [0, 0.05) is 18.5 Å². The third-order valence-corrected chi connectivity index (χ3v) is 3.76. The van der Waals surface area contributed by atoms with Crippen LogP contribution in [-0.4, -0.2) is 28.8 Å². The van der Waals surface area contributed by atoms with E-state index in [0.717, 1.165) is 12.1 Å². The first kappa shape index (κ1) is 15.0. The molecule has 4 heteroatoms. The molecule has 1 aromatic rings. The quantitative estimate of drug-likeness (QED) is 0.866. The fourth-order valence-electron chi connectivity index (χ4n) is 2.74. The maximum absolute atomic E-state index is 12.6. The number of fused-ring (bicyclic) bond motifs is 1. The smallest absolute Gasteiger partial charge is 0.263 e. The molecule has 1 aliphatic rings. The van der Waals surface area contributed by atoms with E-state index in [1.807, 2.05) is 18.2 Å². The zero-order valence-corrected chi connectivity index (χ0v) is 12.3. The predicted molar refractivity (Wildman–Crippen MR) is 78.4 cm³/mol. The van der Waals surface area contributed by atoms with Crippen LogP contribution in [0.25, 0.3) is 0 Å². The Hall–Kier alpha value is -1.39. The van der Waals surface area contributed by atoms with Gasteiger partial charge in [-0.2, -0.15) is 0 Å². The van der Waals surface area contributed by atoms with Crippen LogP contribution in [0.15, 0.2) is 24.3 Å². The van der Waals surface area contributed by atoms with Crippen molar-refractivity contribution in [2.75, 3.05) is 11.4 Å². The van der Waals surface area contributed by atoms with E-state index in [2.05, 4.69) is 13.8 Å². The molecule has 0 saturated carbocycles. The number of para-hydroxylation sites is 1. The Bertz CT molecular complexity index is 498. The van der Waals surface area contributed by atoms with Gasteiger partial charge in [-0.25, -0.2) is 0 Å². The highest BCUT2D eigenvalue weighted by atomic mass is 16.3. The van der Waals surface area contributed by atoms with Crippen LogP contribution in [-0.2, 0) is 10.4 Å². The first-order valence-electron chi connectivity index (χ1n) is 7.18. The first-order chi connectivity index (χ1) is 9.36. The lowest BCUT2D eigenvalue weighted by Gasteiger charge is -2.24. The number of aliphatic hydroxyl groups is 2. The number of hydrogen-bond donors (Lipinski definition) is 2. The molecule has 1 aromatic carbocycles. The van der Waals surface area contributed by atoms with E-state index in [1.165, 1.54) is 0 Å². The Balaban J connectivity index is 2.36. The van der Waals surface area contributed by atoms with E-state index in [9.17, 15) is 15.0 Å². The molecule has 2 N–H and O–H groups in total. The third-order valence-electron chi connectivity index (χ3n) is 3.76. The molecule has 2 atom stereocenters. The van der Waals surface area contributed by atoms with Gasteiger partial charge in [-0.15, -0.1) is 0 Å². The van der Waals surface area contributed by atoms with Gasteiger partial charge < -0.3 is 15.1 Å². The molecule has 0 spiro atoms. The maximum Gasteiger partial charge on any atom is 0.263 e. The van der Waals surface area contributed by atoms with Gasteiger partial charge in [0.1, 0.15) is 0 Å². The number of carbonyl (C=O) groups excluding carboxylic acids is 1. The molecular weight excluding hydrogens is 254 g/mol. The third kappa shape index (κ3) is 2.58. The molecule has 20 heavy (non-hydrogen) atoms. The summed E-state index contributed by atoms with van der Waals surface area (Å²) in [7, 11) is 0. The number of aliphatic hydroxyl groups excluding tert-OH is 1. The normalized spacial score (nSPS) is 23.3. The van der Waals surface area contributed by atoms with Crippen molar-refractivity contribution in [3.63, 3.8) is 0 Å². The Morgan fingerprint density at radius 3 is 2.50 bits per heavy atom. The molecule has 0 bridgehead atoms. The number of nitrogens with zero attached hydrogens (tertiary/aromatic N) is 1. The number of carbonyl (C=O) groups is 1. The Morgan fingerprint density at radius 2 is 1.90 bits per heavy atom. The summed E-state index contributed by atoms with van der Waals surface area (Å²) < 4.78 is 0. The van der Waals surface area contributed by atoms with Crippen LogP contribution >= 0.6 is 0 Å². The average molecular weight is 277 g/mol. The van der Waals surface area contributed by atoms with Crippen LogP contribution < -0.4 is 4.90 Å². The van der Waals surface area contributed by atoms with Gasteiger partial charge in [-0.3, -0.25) is 4.79 Å². The maximum atomic E-state index is 12.6. The predicted octanol–water partition coefficient (Wildman–Crippen LogP) is 2.04. The van der Waals surface area contributed by atoms with Crippen molar-refractivity contribution < 1.29 is 15.0 Å². The summed E-state index contributed by atoms with van der Waals surface area (Å²) >= 11 is 0. The zero-order chi connectivity index (χ0) is 14.9. The van der Waals surface area contributed by atoms with E-state index >= 15 is 0 Å². The molecule has 110 valence electrons. The minimum atomic E-state index is -1.60. The van der Waals surface area contributed by atoms with Gasteiger partial charge >= 0.3 is 0 Å². The molecule has 1 heterocycles. The fourth-order valence-corrected chi connectivity index (χ4v) is 2.74. The van der Waals surface area contributed by atoms with Crippen molar-refractivity contribution in [1.82, 2.24) is 0 Å². The van der Waals surface area contributed by atoms with Gasteiger partial charge in [0.25, 0.3) is 5.91 Å². The molecule has 0 unspecified atom stereocenters. The fraction of sp³-hybridized carbons (Fsp3) is 0.562. The summed E-state index contributed by atoms with van der Waals surface area (Å²) in [5.41, 5.74) is -0.224. The van der Waals surface area contributed by atoms with Gasteiger partial charge in [0.05, 0.1) is 11.8 Å². The molecule has 0 radical (unpaired) electrons. The average Bonchev–Trinajstić information content (AvgIpc) is 2.57. The molecule has 1 aliphatic heterocycles. The minimum Gasteiger partial charge on any atom is -0.393 e. The zero-order valence-electron chi connectivity index (χ0n) is 12.3. The summed E-state index contributed by atoms with van der Waals surface area (Å²) in [5.74, 6) is 0.167. The SMILES string of the molecule is CC(C)CCN1C(=O)[C@@](O)(C[C@H](C)O)c2ccccc21. The Morgan fingerprint density at radius 1 is 1.25 bits per heavy atom. The molecule has 2 rings (SSSR count). The standard InChI is InChI=1S/C16H23NO3/c1-11(2)8-9-17-14-7-5-4-6-13(14)16(20,15(17)19)10-12(3)18/h4-7,11-12,18,20H,8-10H2,1-3H3/t12-,16+/m0/s1. The summed E-state index contributed by atoms with van der Waals surface area (Å²) in [6, 6.07) is 7.30. The summed E-state index contributed by atoms with van der Waals surface area (Å²) in [5, 5.41) is 20.4. The lowest BCUT2D eigenvalue weighted by Crippen LogP contribution is -2.42. The van der Waals surface area contributed by atoms with Crippen LogP contribution in [0.1, 0.15) is 39.2 Å². The van der Waals surface area contributed by atoms with Gasteiger partial charge in [-0.05, 0) is 25.3 Å². The van der Waals surface area contributed by atoms with E-state index in [4.69, 9.17) is 0 Å². The summed E-state index contributed by atoms with van der Waals surface area (Å²) in [4.78, 5) is 14.2. The second kappa shape index (κ2) is 5.54. The van der Waals surface area contributed by atoms with E-state index in [-0.39, 0.29) is 12.3 Å². The second-order valence-electron chi connectivity index (χ2n) is 6.07. The van der Waals surface area contributed by atoms with Gasteiger partial charge in [-0.1, -0.05) is 32.0 Å². The number of anilines is 1. The van der Waals surface area contributed by atoms with Crippen LogP contribution in [0.3, 0.4) is 0 Å². The topological polar surface area (TPSA) is 60.8 Å². The van der Waals surface area contributed by atoms with Crippen molar-refractivity contribution in [1.29, 1.82) is 0 Å². The van der Waals surface area contributed by atoms with Crippen molar-refractivity contribution in [2.24, 2.45) is 5.92 Å². The highest BCUT2D eigenvalue weighted by Gasteiger charge is 2.49. The number of amides is 1.